The number of amides is 1. The van der Waals surface area contributed by atoms with Crippen LogP contribution in [0.3, 0.4) is 0 Å². The number of piperidine rings is 1. The fraction of sp³-hybridized carbons (Fsp3) is 0.909. The van der Waals surface area contributed by atoms with Crippen LogP contribution in [0.15, 0.2) is 0 Å². The van der Waals surface area contributed by atoms with Crippen LogP contribution < -0.4 is 5.73 Å². The molecule has 0 aliphatic carbocycles. The highest BCUT2D eigenvalue weighted by Gasteiger charge is 2.31. The van der Waals surface area contributed by atoms with Crippen LogP contribution in [0.5, 0.6) is 0 Å². The normalized spacial score (nSPS) is 27.7. The second-order valence-electron chi connectivity index (χ2n) is 5.66. The van der Waals surface area contributed by atoms with Crippen LogP contribution in [0.25, 0.3) is 0 Å². The molecular weight excluding hydrogens is 192 g/mol. The van der Waals surface area contributed by atoms with Crippen LogP contribution >= 0.6 is 0 Å². The number of likely N-dealkylation sites (tertiary alicyclic amines) is 1. The molecule has 1 amide bonds. The summed E-state index contributed by atoms with van der Waals surface area (Å²) in [6, 6.07) is 0. The Morgan fingerprint density at radius 2 is 2.07 bits per heavy atom. The molecule has 0 bridgehead atoms. The molecule has 1 saturated heterocycles. The second kappa shape index (κ2) is 4.00. The second-order valence-corrected chi connectivity index (χ2v) is 5.66. The first kappa shape index (κ1) is 12.3. The average Bonchev–Trinajstić information content (AvgIpc) is 1.99. The fourth-order valence-corrected chi connectivity index (χ4v) is 1.75. The van der Waals surface area contributed by atoms with Gasteiger partial charge >= 0.3 is 6.09 Å². The van der Waals surface area contributed by atoms with Gasteiger partial charge in [0, 0.05) is 18.6 Å². The Labute approximate surface area is 91.8 Å². The molecule has 15 heavy (non-hydrogen) atoms. The monoisotopic (exact) mass is 214 g/mol. The summed E-state index contributed by atoms with van der Waals surface area (Å²) < 4.78 is 5.30. The first-order chi connectivity index (χ1) is 6.70. The Morgan fingerprint density at radius 1 is 1.47 bits per heavy atom. The van der Waals surface area contributed by atoms with Crippen LogP contribution in [-0.4, -0.2) is 35.2 Å². The molecule has 1 atom stereocenters. The molecule has 0 radical (unpaired) electrons. The van der Waals surface area contributed by atoms with Crippen molar-refractivity contribution in [1.82, 2.24) is 4.90 Å². The topological polar surface area (TPSA) is 55.6 Å². The third kappa shape index (κ3) is 4.08. The van der Waals surface area contributed by atoms with Crippen molar-refractivity contribution in [2.75, 3.05) is 13.1 Å². The SMILES string of the molecule is CC(C)(C)OC(=O)N1CCC[C@](C)(N)C1. The zero-order valence-electron chi connectivity index (χ0n) is 10.2. The molecule has 0 saturated carbocycles. The van der Waals surface area contributed by atoms with E-state index in [1.165, 1.54) is 0 Å². The maximum atomic E-state index is 11.7. The summed E-state index contributed by atoms with van der Waals surface area (Å²) in [5, 5.41) is 0. The summed E-state index contributed by atoms with van der Waals surface area (Å²) in [6.45, 7) is 8.93. The molecule has 4 heteroatoms. The molecule has 0 unspecified atom stereocenters. The maximum absolute atomic E-state index is 11.7. The number of hydrogen-bond acceptors (Lipinski definition) is 3. The highest BCUT2D eigenvalue weighted by atomic mass is 16.6. The van der Waals surface area contributed by atoms with Gasteiger partial charge in [0.2, 0.25) is 0 Å². The van der Waals surface area contributed by atoms with Crippen LogP contribution in [0.1, 0.15) is 40.5 Å². The minimum Gasteiger partial charge on any atom is -0.444 e. The van der Waals surface area contributed by atoms with Crippen molar-refractivity contribution in [2.45, 2.75) is 51.7 Å². The lowest BCUT2D eigenvalue weighted by molar-refractivity contribution is 0.0152. The van der Waals surface area contributed by atoms with E-state index >= 15 is 0 Å². The average molecular weight is 214 g/mol. The number of ether oxygens (including phenoxy) is 1. The zero-order valence-corrected chi connectivity index (χ0v) is 10.2. The van der Waals surface area contributed by atoms with E-state index in [0.717, 1.165) is 19.4 Å². The quantitative estimate of drug-likeness (QED) is 0.668. The van der Waals surface area contributed by atoms with E-state index in [-0.39, 0.29) is 11.6 Å². The van der Waals surface area contributed by atoms with E-state index in [0.29, 0.717) is 6.54 Å². The van der Waals surface area contributed by atoms with Crippen LogP contribution in [0.4, 0.5) is 4.79 Å². The van der Waals surface area contributed by atoms with Crippen molar-refractivity contribution in [3.63, 3.8) is 0 Å². The molecule has 0 spiro atoms. The molecule has 1 heterocycles. The Hall–Kier alpha value is -0.770. The zero-order chi connectivity index (χ0) is 11.7. The first-order valence-corrected chi connectivity index (χ1v) is 5.46. The summed E-state index contributed by atoms with van der Waals surface area (Å²) in [6.07, 6.45) is 1.66. The van der Waals surface area contributed by atoms with Gasteiger partial charge in [-0.3, -0.25) is 0 Å². The molecule has 88 valence electrons. The number of carbonyl (C=O) groups excluding carboxylic acids is 1. The van der Waals surface area contributed by atoms with Crippen LogP contribution in [-0.2, 0) is 4.74 Å². The van der Waals surface area contributed by atoms with Crippen molar-refractivity contribution < 1.29 is 9.53 Å². The lowest BCUT2D eigenvalue weighted by Crippen LogP contribution is -2.54. The van der Waals surface area contributed by atoms with E-state index in [4.69, 9.17) is 10.5 Å². The summed E-state index contributed by atoms with van der Waals surface area (Å²) in [7, 11) is 0. The standard InChI is InChI=1S/C11H22N2O2/c1-10(2,3)15-9(14)13-7-5-6-11(4,12)8-13/h5-8,12H2,1-4H3/t11-/m0/s1. The molecule has 0 aromatic carbocycles. The number of nitrogens with two attached hydrogens (primary N) is 1. The van der Waals surface area contributed by atoms with Gasteiger partial charge in [-0.2, -0.15) is 0 Å². The molecule has 2 N–H and O–H groups in total. The number of hydrogen-bond donors (Lipinski definition) is 1. The summed E-state index contributed by atoms with van der Waals surface area (Å²) in [5.41, 5.74) is 5.32. The molecule has 4 nitrogen and oxygen atoms in total. The number of carbonyl (C=O) groups is 1. The van der Waals surface area contributed by atoms with Gasteiger partial charge in [-0.05, 0) is 40.5 Å². The van der Waals surface area contributed by atoms with Crippen LogP contribution in [0, 0.1) is 0 Å². The third-order valence-corrected chi connectivity index (χ3v) is 2.38. The minimum atomic E-state index is -0.431. The highest BCUT2D eigenvalue weighted by molar-refractivity contribution is 5.68. The largest absolute Gasteiger partial charge is 0.444 e. The number of rotatable bonds is 0. The van der Waals surface area contributed by atoms with Gasteiger partial charge in [-0.25, -0.2) is 4.79 Å². The van der Waals surface area contributed by atoms with E-state index in [1.807, 2.05) is 27.7 Å². The highest BCUT2D eigenvalue weighted by Crippen LogP contribution is 2.20. The summed E-state index contributed by atoms with van der Waals surface area (Å²) in [5.74, 6) is 0. The third-order valence-electron chi connectivity index (χ3n) is 2.38. The molecule has 0 aromatic heterocycles. The molecule has 1 aliphatic rings. The van der Waals surface area contributed by atoms with Gasteiger partial charge < -0.3 is 15.4 Å². The summed E-state index contributed by atoms with van der Waals surface area (Å²) in [4.78, 5) is 13.5. The Balaban J connectivity index is 2.53. The molecule has 1 fully saturated rings. The minimum absolute atomic E-state index is 0.251. The molecular formula is C11H22N2O2. The van der Waals surface area contributed by atoms with E-state index < -0.39 is 5.60 Å². The first-order valence-electron chi connectivity index (χ1n) is 5.46. The van der Waals surface area contributed by atoms with E-state index in [2.05, 4.69) is 0 Å². The lowest BCUT2D eigenvalue weighted by Gasteiger charge is -2.38. The predicted molar refractivity (Wildman–Crippen MR) is 59.6 cm³/mol. The van der Waals surface area contributed by atoms with Gasteiger partial charge in [0.25, 0.3) is 0 Å². The van der Waals surface area contributed by atoms with Gasteiger partial charge in [0.15, 0.2) is 0 Å². The fourth-order valence-electron chi connectivity index (χ4n) is 1.75. The van der Waals surface area contributed by atoms with Gasteiger partial charge in [0.1, 0.15) is 5.60 Å². The van der Waals surface area contributed by atoms with Crippen molar-refractivity contribution in [2.24, 2.45) is 5.73 Å². The van der Waals surface area contributed by atoms with Gasteiger partial charge in [0.05, 0.1) is 0 Å². The van der Waals surface area contributed by atoms with Gasteiger partial charge in [-0.1, -0.05) is 0 Å². The molecule has 0 aromatic rings. The Morgan fingerprint density at radius 3 is 2.53 bits per heavy atom. The lowest BCUT2D eigenvalue weighted by atomic mass is 9.93. The van der Waals surface area contributed by atoms with E-state index in [1.54, 1.807) is 4.90 Å². The van der Waals surface area contributed by atoms with Crippen molar-refractivity contribution >= 4 is 6.09 Å². The molecule has 1 rings (SSSR count). The Kier molecular flexibility index (Phi) is 3.28. The maximum Gasteiger partial charge on any atom is 0.410 e. The van der Waals surface area contributed by atoms with Crippen molar-refractivity contribution in [3.8, 4) is 0 Å². The molecule has 1 aliphatic heterocycles. The van der Waals surface area contributed by atoms with Crippen LogP contribution in [0.2, 0.25) is 0 Å². The van der Waals surface area contributed by atoms with E-state index in [9.17, 15) is 4.79 Å². The van der Waals surface area contributed by atoms with Gasteiger partial charge in [-0.15, -0.1) is 0 Å². The Bertz CT molecular complexity index is 243. The number of nitrogens with zero attached hydrogens (tertiary/aromatic N) is 1. The predicted octanol–water partition coefficient (Wildman–Crippen LogP) is 1.73. The van der Waals surface area contributed by atoms with Crippen molar-refractivity contribution in [1.29, 1.82) is 0 Å². The smallest absolute Gasteiger partial charge is 0.410 e. The van der Waals surface area contributed by atoms with Crippen molar-refractivity contribution in [3.05, 3.63) is 0 Å². The summed E-state index contributed by atoms with van der Waals surface area (Å²) >= 11 is 0.